The minimum atomic E-state index is -4.94. The van der Waals surface area contributed by atoms with Gasteiger partial charge in [0.2, 0.25) is 0 Å². The molecule has 0 fully saturated rings. The molecule has 0 N–H and O–H groups in total. The van der Waals surface area contributed by atoms with E-state index in [2.05, 4.69) is 48.9 Å². The molecule has 0 saturated heterocycles. The van der Waals surface area contributed by atoms with E-state index in [0.29, 0.717) is 0 Å². The monoisotopic (exact) mass is 541 g/mol. The second-order valence-electron chi connectivity index (χ2n) is 4.16. The number of halogens is 1. The van der Waals surface area contributed by atoms with Gasteiger partial charge in [-0.25, -0.2) is 18.6 Å². The Labute approximate surface area is 156 Å². The molecule has 2 aromatic rings. The Morgan fingerprint density at radius 1 is 0.913 bits per heavy atom. The van der Waals surface area contributed by atoms with Gasteiger partial charge in [0.1, 0.15) is 0 Å². The summed E-state index contributed by atoms with van der Waals surface area (Å²) in [5.74, 6) is 0. The fraction of sp³-hybridized carbons (Fsp3) is 0.267. The zero-order valence-corrected chi connectivity index (χ0v) is 16.7. The predicted octanol–water partition coefficient (Wildman–Crippen LogP) is -0.843. The Hall–Kier alpha value is -0.330. The van der Waals surface area contributed by atoms with E-state index in [1.54, 1.807) is 12.4 Å². The van der Waals surface area contributed by atoms with Gasteiger partial charge >= 0.3 is 22.4 Å². The van der Waals surface area contributed by atoms with Crippen molar-refractivity contribution in [2.24, 2.45) is 0 Å². The molecular formula is C15H20AuClNO4P. The zero-order valence-electron chi connectivity index (χ0n) is 12.9. The maximum absolute atomic E-state index is 8.49. The normalized spacial score (nSPS) is 10.9. The Morgan fingerprint density at radius 2 is 1.35 bits per heavy atom. The van der Waals surface area contributed by atoms with Crippen molar-refractivity contribution in [1.29, 1.82) is 0 Å². The third kappa shape index (κ3) is 19.6. The van der Waals surface area contributed by atoms with Gasteiger partial charge in [-0.3, -0.25) is 4.98 Å². The Balaban J connectivity index is 0. The first-order valence-electron chi connectivity index (χ1n) is 6.57. The number of nitrogens with zero attached hydrogens (tertiary/aromatic N) is 1. The average Bonchev–Trinajstić information content (AvgIpc) is 2.49. The van der Waals surface area contributed by atoms with Crippen LogP contribution in [0.5, 0.6) is 0 Å². The van der Waals surface area contributed by atoms with E-state index in [0.717, 1.165) is 0 Å². The molecule has 0 aliphatic rings. The fourth-order valence-corrected chi connectivity index (χ4v) is 3.07. The van der Waals surface area contributed by atoms with Gasteiger partial charge in [0, 0.05) is 12.4 Å². The number of rotatable bonds is 3. The number of hydrogen-bond acceptors (Lipinski definition) is 5. The van der Waals surface area contributed by atoms with Gasteiger partial charge in [-0.15, -0.1) is 10.2 Å². The van der Waals surface area contributed by atoms with E-state index in [1.165, 1.54) is 17.9 Å². The van der Waals surface area contributed by atoms with Crippen LogP contribution in [0.4, 0.5) is 0 Å². The van der Waals surface area contributed by atoms with Crippen molar-refractivity contribution in [3.63, 3.8) is 0 Å². The van der Waals surface area contributed by atoms with E-state index in [9.17, 15) is 0 Å². The Morgan fingerprint density at radius 3 is 1.65 bits per heavy atom. The summed E-state index contributed by atoms with van der Waals surface area (Å²) >= 11 is 0. The second-order valence-corrected chi connectivity index (χ2v) is 7.28. The molecule has 0 amide bonds. The first-order chi connectivity index (χ1) is 10.3. The van der Waals surface area contributed by atoms with Crippen LogP contribution in [0.2, 0.25) is 0 Å². The van der Waals surface area contributed by atoms with Crippen LogP contribution >= 0.6 is 7.92 Å². The summed E-state index contributed by atoms with van der Waals surface area (Å²) in [6.45, 7) is 4.61. The van der Waals surface area contributed by atoms with Crippen LogP contribution in [0.15, 0.2) is 60.9 Å². The maximum Gasteiger partial charge on any atom is 1.00 e. The molecule has 1 aromatic heterocycles. The third-order valence-corrected chi connectivity index (χ3v) is 4.62. The average molecular weight is 542 g/mol. The van der Waals surface area contributed by atoms with Crippen molar-refractivity contribution in [3.8, 4) is 0 Å². The fourth-order valence-electron chi connectivity index (χ4n) is 1.46. The first kappa shape index (κ1) is 24.9. The molecule has 8 heteroatoms. The summed E-state index contributed by atoms with van der Waals surface area (Å²) in [6.07, 6.45) is 6.16. The molecule has 0 saturated carbocycles. The molecule has 5 nitrogen and oxygen atoms in total. The minimum Gasteiger partial charge on any atom is -0.265 e. The molecule has 0 radical (unpaired) electrons. The summed E-state index contributed by atoms with van der Waals surface area (Å²) in [6, 6.07) is 16.5. The molecule has 0 spiro atoms. The van der Waals surface area contributed by atoms with Crippen molar-refractivity contribution < 1.29 is 51.3 Å². The van der Waals surface area contributed by atoms with Crippen LogP contribution < -0.4 is 23.9 Å². The molecule has 1 atom stereocenters. The molecular weight excluding hydrogens is 522 g/mol. The van der Waals surface area contributed by atoms with Crippen LogP contribution in [-0.4, -0.2) is 17.8 Å². The standard InChI is InChI=1S/C10H15P.C5H5N.Au.ClHO4/c1-3-9-11(2)10-7-5-4-6-8-10;1-2-4-6-5-3-1;;2-1(3,4)5/h4-8H,3,9H2,1-2H3;1-5H;;(H,2,3,4,5)/q;;+1;/p-1. The number of hydrogen-bond donors (Lipinski definition) is 0. The summed E-state index contributed by atoms with van der Waals surface area (Å²) in [5, 5.41) is 1.53. The van der Waals surface area contributed by atoms with E-state index in [-0.39, 0.29) is 30.3 Å². The molecule has 1 aromatic carbocycles. The molecule has 0 bridgehead atoms. The van der Waals surface area contributed by atoms with Crippen LogP contribution in [0.1, 0.15) is 13.3 Å². The smallest absolute Gasteiger partial charge is 0.265 e. The maximum atomic E-state index is 8.49. The topological polar surface area (TPSA) is 105 Å². The molecule has 1 unspecified atom stereocenters. The number of pyridine rings is 1. The molecule has 2 rings (SSSR count). The van der Waals surface area contributed by atoms with Gasteiger partial charge in [0.15, 0.2) is 0 Å². The molecule has 0 aliphatic heterocycles. The van der Waals surface area contributed by atoms with E-state index < -0.39 is 10.2 Å². The zero-order chi connectivity index (χ0) is 16.8. The van der Waals surface area contributed by atoms with Crippen LogP contribution in [-0.2, 0) is 22.4 Å². The molecule has 23 heavy (non-hydrogen) atoms. The SMILES string of the molecule is CCCP(C)c1ccccc1.[Au+].[O-][Cl+3]([O-])([O-])[O-].c1ccncc1. The van der Waals surface area contributed by atoms with Crippen molar-refractivity contribution in [2.45, 2.75) is 13.3 Å². The van der Waals surface area contributed by atoms with Crippen molar-refractivity contribution >= 4 is 13.2 Å². The largest absolute Gasteiger partial charge is 1.00 e. The van der Waals surface area contributed by atoms with Gasteiger partial charge in [0.25, 0.3) is 0 Å². The minimum absolute atomic E-state index is 0. The summed E-state index contributed by atoms with van der Waals surface area (Å²) in [7, 11) is -4.82. The van der Waals surface area contributed by atoms with Crippen LogP contribution in [0.25, 0.3) is 0 Å². The van der Waals surface area contributed by atoms with Crippen LogP contribution in [0.3, 0.4) is 0 Å². The van der Waals surface area contributed by atoms with Gasteiger partial charge in [-0.1, -0.05) is 57.7 Å². The van der Waals surface area contributed by atoms with E-state index >= 15 is 0 Å². The third-order valence-electron chi connectivity index (χ3n) is 2.32. The summed E-state index contributed by atoms with van der Waals surface area (Å²) in [4.78, 5) is 3.78. The summed E-state index contributed by atoms with van der Waals surface area (Å²) < 4.78 is 34.0. The van der Waals surface area contributed by atoms with Crippen molar-refractivity contribution in [1.82, 2.24) is 4.98 Å². The summed E-state index contributed by atoms with van der Waals surface area (Å²) in [5.41, 5.74) is 0. The van der Waals surface area contributed by atoms with E-state index in [1.807, 2.05) is 18.2 Å². The molecule has 132 valence electrons. The quantitative estimate of drug-likeness (QED) is 0.372. The van der Waals surface area contributed by atoms with Crippen molar-refractivity contribution in [2.75, 3.05) is 12.8 Å². The van der Waals surface area contributed by atoms with Crippen molar-refractivity contribution in [3.05, 3.63) is 60.9 Å². The first-order valence-corrected chi connectivity index (χ1v) is 9.78. The molecule has 0 aliphatic carbocycles. The Bertz CT molecular complexity index is 441. The van der Waals surface area contributed by atoms with Gasteiger partial charge in [0.05, 0.1) is 0 Å². The van der Waals surface area contributed by atoms with Gasteiger partial charge < -0.3 is 0 Å². The second kappa shape index (κ2) is 15.2. The van der Waals surface area contributed by atoms with Gasteiger partial charge in [-0.2, -0.15) is 0 Å². The predicted molar refractivity (Wildman–Crippen MR) is 78.3 cm³/mol. The number of aromatic nitrogens is 1. The van der Waals surface area contributed by atoms with Crippen LogP contribution in [0, 0.1) is 10.2 Å². The van der Waals surface area contributed by atoms with Gasteiger partial charge in [-0.05, 0) is 30.3 Å². The Kier molecular flexibility index (Phi) is 16.5. The van der Waals surface area contributed by atoms with E-state index in [4.69, 9.17) is 18.6 Å². The number of benzene rings is 1. The molecule has 1 heterocycles.